The zero-order chi connectivity index (χ0) is 28.7. The van der Waals surface area contributed by atoms with Crippen LogP contribution in [-0.2, 0) is 20.9 Å². The third-order valence-electron chi connectivity index (χ3n) is 7.00. The summed E-state index contributed by atoms with van der Waals surface area (Å²) in [5.41, 5.74) is 0.177. The lowest BCUT2D eigenvalue weighted by atomic mass is 9.74. The number of hydrogen-bond acceptors (Lipinski definition) is 7. The van der Waals surface area contributed by atoms with Crippen LogP contribution in [0.15, 0.2) is 36.4 Å². The van der Waals surface area contributed by atoms with Crippen LogP contribution in [0.1, 0.15) is 54.2 Å². The van der Waals surface area contributed by atoms with Gasteiger partial charge in [-0.3, -0.25) is 4.79 Å². The molecule has 1 fully saturated rings. The Balaban J connectivity index is 1.91. The van der Waals surface area contributed by atoms with Crippen molar-refractivity contribution in [3.8, 4) is 11.5 Å². The number of Topliss-reactive ketones (excluding diaryl/α,β-unsaturated/α-hetero) is 1. The molecule has 212 valence electrons. The largest absolute Gasteiger partial charge is 0.496 e. The van der Waals surface area contributed by atoms with E-state index in [-0.39, 0.29) is 60.0 Å². The molecule has 0 aliphatic heterocycles. The first kappa shape index (κ1) is 30.2. The molecule has 10 nitrogen and oxygen atoms in total. The van der Waals surface area contributed by atoms with E-state index >= 15 is 0 Å². The quantitative estimate of drug-likeness (QED) is 0.270. The van der Waals surface area contributed by atoms with E-state index in [1.54, 1.807) is 13.0 Å². The molecule has 0 saturated heterocycles. The number of ketones is 1. The van der Waals surface area contributed by atoms with Crippen molar-refractivity contribution in [1.29, 1.82) is 0 Å². The first-order valence-corrected chi connectivity index (χ1v) is 12.9. The fourth-order valence-electron chi connectivity index (χ4n) is 4.68. The minimum Gasteiger partial charge on any atom is -0.496 e. The first-order chi connectivity index (χ1) is 18.6. The molecule has 2 amide bonds. The highest BCUT2D eigenvalue weighted by Crippen LogP contribution is 2.43. The van der Waals surface area contributed by atoms with Crippen LogP contribution in [0.3, 0.4) is 0 Å². The molecule has 1 saturated carbocycles. The molecule has 1 atom stereocenters. The highest BCUT2D eigenvalue weighted by Gasteiger charge is 2.52. The number of carboxylic acid groups (broad SMARTS) is 1. The van der Waals surface area contributed by atoms with Crippen LogP contribution < -0.4 is 14.8 Å². The van der Waals surface area contributed by atoms with Crippen LogP contribution in [0.25, 0.3) is 0 Å². The van der Waals surface area contributed by atoms with E-state index in [2.05, 4.69) is 5.32 Å². The second-order valence-electron chi connectivity index (χ2n) is 9.44. The summed E-state index contributed by atoms with van der Waals surface area (Å²) in [5, 5.41) is 12.7. The number of methoxy groups -OCH3 is 3. The molecule has 1 aliphatic carbocycles. The van der Waals surface area contributed by atoms with Crippen molar-refractivity contribution in [2.24, 2.45) is 0 Å². The number of rotatable bonds is 13. The summed E-state index contributed by atoms with van der Waals surface area (Å²) >= 11 is 6.70. The Morgan fingerprint density at radius 1 is 1.15 bits per heavy atom. The van der Waals surface area contributed by atoms with E-state index in [9.17, 15) is 19.5 Å². The Hall–Kier alpha value is -3.34. The van der Waals surface area contributed by atoms with E-state index in [4.69, 9.17) is 30.5 Å². The van der Waals surface area contributed by atoms with Crippen molar-refractivity contribution < 1.29 is 38.4 Å². The minimum atomic E-state index is -1.45. The van der Waals surface area contributed by atoms with Crippen molar-refractivity contribution in [1.82, 2.24) is 10.2 Å². The molecule has 0 unspecified atom stereocenters. The Bertz CT molecular complexity index is 1180. The topological polar surface area (TPSA) is 124 Å². The van der Waals surface area contributed by atoms with E-state index in [0.29, 0.717) is 12.2 Å². The second-order valence-corrected chi connectivity index (χ2v) is 9.82. The number of nitrogens with one attached hydrogen (secondary N) is 1. The average molecular weight is 563 g/mol. The molecule has 0 spiro atoms. The molecule has 2 aromatic carbocycles. The van der Waals surface area contributed by atoms with Crippen molar-refractivity contribution in [3.05, 3.63) is 58.1 Å². The summed E-state index contributed by atoms with van der Waals surface area (Å²) in [7, 11) is 4.32. The number of carbonyl (C=O) groups is 3. The van der Waals surface area contributed by atoms with Gasteiger partial charge >= 0.3 is 12.0 Å². The van der Waals surface area contributed by atoms with Gasteiger partial charge in [0, 0.05) is 32.1 Å². The van der Waals surface area contributed by atoms with Crippen molar-refractivity contribution in [2.45, 2.75) is 51.0 Å². The number of carboxylic acids is 1. The maximum absolute atomic E-state index is 13.6. The van der Waals surface area contributed by atoms with E-state index in [1.165, 1.54) is 33.2 Å². The van der Waals surface area contributed by atoms with Crippen LogP contribution in [0.2, 0.25) is 5.02 Å². The minimum absolute atomic E-state index is 0.124. The van der Waals surface area contributed by atoms with Crippen LogP contribution in [-0.4, -0.2) is 73.9 Å². The summed E-state index contributed by atoms with van der Waals surface area (Å²) in [6.07, 6.45) is 0.0311. The Morgan fingerprint density at radius 2 is 1.82 bits per heavy atom. The highest BCUT2D eigenvalue weighted by atomic mass is 35.5. The molecule has 2 aromatic rings. The fourth-order valence-corrected chi connectivity index (χ4v) is 5.06. The van der Waals surface area contributed by atoms with Crippen LogP contribution >= 0.6 is 11.6 Å². The third-order valence-corrected chi connectivity index (χ3v) is 7.39. The number of hydrogen-bond donors (Lipinski definition) is 2. The van der Waals surface area contributed by atoms with Crippen molar-refractivity contribution >= 4 is 29.4 Å². The van der Waals surface area contributed by atoms with E-state index < -0.39 is 23.6 Å². The Kier molecular flexibility index (Phi) is 10.2. The number of ether oxygens (including phenoxy) is 4. The zero-order valence-corrected chi connectivity index (χ0v) is 23.5. The van der Waals surface area contributed by atoms with Crippen molar-refractivity contribution in [2.75, 3.05) is 34.5 Å². The van der Waals surface area contributed by atoms with Gasteiger partial charge in [-0.1, -0.05) is 41.9 Å². The summed E-state index contributed by atoms with van der Waals surface area (Å²) in [5.74, 6) is -1.05. The molecule has 0 radical (unpaired) electrons. The monoisotopic (exact) mass is 562 g/mol. The van der Waals surface area contributed by atoms with Gasteiger partial charge in [0.2, 0.25) is 0 Å². The SMILES string of the molecule is COc1cc([C@@H](C)N(CCOCc2ccccc2)C(=O)NC2(C(=O)O)CC(OC)C2)c(Cl)c(OC)c1C(C)=O. The molecular weight excluding hydrogens is 528 g/mol. The van der Waals surface area contributed by atoms with Gasteiger partial charge in [0.15, 0.2) is 11.5 Å². The number of nitrogens with zero attached hydrogens (tertiary/aromatic N) is 1. The molecule has 0 bridgehead atoms. The van der Waals surface area contributed by atoms with Crippen LogP contribution in [0.4, 0.5) is 4.79 Å². The number of urea groups is 1. The number of halogens is 1. The lowest BCUT2D eigenvalue weighted by Gasteiger charge is -2.45. The second kappa shape index (κ2) is 13.1. The summed E-state index contributed by atoms with van der Waals surface area (Å²) in [6, 6.07) is 9.90. The van der Waals surface area contributed by atoms with Gasteiger partial charge < -0.3 is 34.3 Å². The zero-order valence-electron chi connectivity index (χ0n) is 22.8. The maximum atomic E-state index is 13.6. The Morgan fingerprint density at radius 3 is 2.36 bits per heavy atom. The normalized spacial score (nSPS) is 19.0. The number of amides is 2. The van der Waals surface area contributed by atoms with Crippen LogP contribution in [0.5, 0.6) is 11.5 Å². The molecule has 1 aliphatic rings. The van der Waals surface area contributed by atoms with Gasteiger partial charge in [-0.05, 0) is 25.5 Å². The summed E-state index contributed by atoms with van der Waals surface area (Å²) in [4.78, 5) is 39.5. The first-order valence-electron chi connectivity index (χ1n) is 12.5. The fraction of sp³-hybridized carbons (Fsp3) is 0.464. The highest BCUT2D eigenvalue weighted by molar-refractivity contribution is 6.33. The number of carbonyl (C=O) groups excluding carboxylic acids is 2. The van der Waals surface area contributed by atoms with Crippen molar-refractivity contribution in [3.63, 3.8) is 0 Å². The number of aliphatic carboxylic acids is 1. The number of benzene rings is 2. The average Bonchev–Trinajstić information content (AvgIpc) is 2.89. The molecule has 0 aromatic heterocycles. The molecule has 0 heterocycles. The van der Waals surface area contributed by atoms with Gasteiger partial charge in [-0.25, -0.2) is 9.59 Å². The smallest absolute Gasteiger partial charge is 0.329 e. The van der Waals surface area contributed by atoms with E-state index in [1.807, 2.05) is 30.3 Å². The predicted octanol–water partition coefficient (Wildman–Crippen LogP) is 4.48. The molecule has 2 N–H and O–H groups in total. The van der Waals surface area contributed by atoms with Gasteiger partial charge in [-0.2, -0.15) is 0 Å². The maximum Gasteiger partial charge on any atom is 0.329 e. The van der Waals surface area contributed by atoms with E-state index in [0.717, 1.165) is 5.56 Å². The third kappa shape index (κ3) is 6.63. The van der Waals surface area contributed by atoms with Gasteiger partial charge in [0.1, 0.15) is 16.9 Å². The van der Waals surface area contributed by atoms with Gasteiger partial charge in [-0.15, -0.1) is 0 Å². The Labute approximate surface area is 233 Å². The lowest BCUT2D eigenvalue weighted by molar-refractivity contribution is -0.155. The summed E-state index contributed by atoms with van der Waals surface area (Å²) in [6.45, 7) is 3.76. The van der Waals surface area contributed by atoms with Gasteiger partial charge in [0.25, 0.3) is 0 Å². The standard InChI is InChI=1S/C28H35ClN2O8/c1-17(21-13-22(37-4)23(18(2)32)25(38-5)24(21)29)31(11-12-39-16-19-9-7-6-8-10-19)27(35)30-28(26(33)34)14-20(15-28)36-3/h6-10,13,17,20H,11-12,14-16H2,1-5H3,(H,30,35)(H,33,34)/t17-,20?,28?/m1/s1. The molecule has 3 rings (SSSR count). The van der Waals surface area contributed by atoms with Gasteiger partial charge in [0.05, 0.1) is 44.6 Å². The lowest BCUT2D eigenvalue weighted by Crippen LogP contribution is -2.66. The van der Waals surface area contributed by atoms with Crippen LogP contribution in [0, 0.1) is 0 Å². The molecule has 11 heteroatoms. The molecule has 39 heavy (non-hydrogen) atoms. The molecular formula is C28H35ClN2O8. The predicted molar refractivity (Wildman–Crippen MR) is 145 cm³/mol. The summed E-state index contributed by atoms with van der Waals surface area (Å²) < 4.78 is 22.0.